The minimum atomic E-state index is 0.181. The lowest BCUT2D eigenvalue weighted by Crippen LogP contribution is -2.45. The zero-order valence-electron chi connectivity index (χ0n) is 15.6. The quantitative estimate of drug-likeness (QED) is 0.839. The minimum Gasteiger partial charge on any atom is -0.407 e. The van der Waals surface area contributed by atoms with Gasteiger partial charge in [-0.2, -0.15) is 4.98 Å². The minimum absolute atomic E-state index is 0.181. The van der Waals surface area contributed by atoms with Crippen LogP contribution in [0.25, 0.3) is 0 Å². The van der Waals surface area contributed by atoms with E-state index in [2.05, 4.69) is 47.9 Å². The van der Waals surface area contributed by atoms with Crippen LogP contribution in [0.2, 0.25) is 0 Å². The predicted octanol–water partition coefficient (Wildman–Crippen LogP) is 2.72. The van der Waals surface area contributed by atoms with Gasteiger partial charge in [0.15, 0.2) is 0 Å². The topological polar surface area (TPSA) is 51.0 Å². The SMILES string of the molecule is CC1CN(c2oc(N3CCOCC3)nc2Cc2ccccc2)CC(C)O1. The van der Waals surface area contributed by atoms with E-state index in [1.165, 1.54) is 5.56 Å². The molecule has 0 saturated carbocycles. The van der Waals surface area contributed by atoms with Crippen LogP contribution in [0.1, 0.15) is 25.1 Å². The number of oxazole rings is 1. The van der Waals surface area contributed by atoms with Gasteiger partial charge >= 0.3 is 0 Å². The summed E-state index contributed by atoms with van der Waals surface area (Å²) in [5, 5.41) is 0. The number of ether oxygens (including phenoxy) is 2. The molecule has 2 aliphatic rings. The van der Waals surface area contributed by atoms with Crippen LogP contribution in [0.15, 0.2) is 34.7 Å². The van der Waals surface area contributed by atoms with E-state index < -0.39 is 0 Å². The molecule has 1 aromatic carbocycles. The standard InChI is InChI=1S/C20H27N3O3/c1-15-13-23(14-16(2)25-15)19-18(12-17-6-4-3-5-7-17)21-20(26-19)22-8-10-24-11-9-22/h3-7,15-16H,8-14H2,1-2H3. The summed E-state index contributed by atoms with van der Waals surface area (Å²) in [5.41, 5.74) is 2.24. The van der Waals surface area contributed by atoms with Crippen LogP contribution in [0, 0.1) is 0 Å². The van der Waals surface area contributed by atoms with Crippen LogP contribution in [0.3, 0.4) is 0 Å². The maximum absolute atomic E-state index is 6.29. The van der Waals surface area contributed by atoms with Crippen LogP contribution < -0.4 is 9.80 Å². The van der Waals surface area contributed by atoms with Crippen molar-refractivity contribution in [2.45, 2.75) is 32.5 Å². The molecule has 140 valence electrons. The number of morpholine rings is 2. The number of hydrogen-bond donors (Lipinski definition) is 0. The van der Waals surface area contributed by atoms with Crippen molar-refractivity contribution in [3.63, 3.8) is 0 Å². The molecule has 2 aromatic rings. The van der Waals surface area contributed by atoms with Crippen LogP contribution >= 0.6 is 0 Å². The van der Waals surface area contributed by atoms with E-state index in [0.29, 0.717) is 6.01 Å². The molecule has 6 heteroatoms. The zero-order valence-corrected chi connectivity index (χ0v) is 15.6. The molecular weight excluding hydrogens is 330 g/mol. The molecule has 0 spiro atoms. The van der Waals surface area contributed by atoms with Crippen molar-refractivity contribution in [2.24, 2.45) is 0 Å². The van der Waals surface area contributed by atoms with Gasteiger partial charge in [-0.05, 0) is 19.4 Å². The normalized spacial score (nSPS) is 24.1. The average Bonchev–Trinajstić information content (AvgIpc) is 3.06. The van der Waals surface area contributed by atoms with E-state index in [4.69, 9.17) is 18.9 Å². The molecular formula is C20H27N3O3. The van der Waals surface area contributed by atoms with E-state index in [1.54, 1.807) is 0 Å². The molecule has 6 nitrogen and oxygen atoms in total. The van der Waals surface area contributed by atoms with Crippen molar-refractivity contribution >= 4 is 11.9 Å². The first-order chi connectivity index (χ1) is 12.7. The molecule has 3 heterocycles. The Morgan fingerprint density at radius 3 is 2.38 bits per heavy atom. The first-order valence-electron chi connectivity index (χ1n) is 9.46. The second-order valence-electron chi connectivity index (χ2n) is 7.17. The van der Waals surface area contributed by atoms with Gasteiger partial charge in [-0.25, -0.2) is 0 Å². The Labute approximate surface area is 154 Å². The van der Waals surface area contributed by atoms with Crippen LogP contribution in [-0.4, -0.2) is 56.6 Å². The molecule has 26 heavy (non-hydrogen) atoms. The maximum Gasteiger partial charge on any atom is 0.299 e. The number of nitrogens with zero attached hydrogens (tertiary/aromatic N) is 3. The van der Waals surface area contributed by atoms with Crippen molar-refractivity contribution in [2.75, 3.05) is 49.2 Å². The second-order valence-corrected chi connectivity index (χ2v) is 7.17. The van der Waals surface area contributed by atoms with Gasteiger partial charge in [0.05, 0.1) is 25.4 Å². The molecule has 0 amide bonds. The summed E-state index contributed by atoms with van der Waals surface area (Å²) in [4.78, 5) is 9.34. The van der Waals surface area contributed by atoms with Gasteiger partial charge < -0.3 is 23.7 Å². The molecule has 0 N–H and O–H groups in total. The Balaban J connectivity index is 1.64. The maximum atomic E-state index is 6.29. The molecule has 2 unspecified atom stereocenters. The number of rotatable bonds is 4. The molecule has 4 rings (SSSR count). The van der Waals surface area contributed by atoms with E-state index in [0.717, 1.165) is 57.4 Å². The third-order valence-corrected chi connectivity index (χ3v) is 4.87. The van der Waals surface area contributed by atoms with Gasteiger partial charge in [-0.1, -0.05) is 30.3 Å². The second kappa shape index (κ2) is 7.68. The molecule has 2 atom stereocenters. The largest absolute Gasteiger partial charge is 0.407 e. The van der Waals surface area contributed by atoms with Crippen molar-refractivity contribution < 1.29 is 13.9 Å². The summed E-state index contributed by atoms with van der Waals surface area (Å²) in [7, 11) is 0. The summed E-state index contributed by atoms with van der Waals surface area (Å²) in [6.45, 7) is 8.95. The Hall–Kier alpha value is -2.05. The van der Waals surface area contributed by atoms with Crippen LogP contribution in [0.4, 0.5) is 11.9 Å². The molecule has 2 fully saturated rings. The highest BCUT2D eigenvalue weighted by Crippen LogP contribution is 2.31. The average molecular weight is 357 g/mol. The zero-order chi connectivity index (χ0) is 17.9. The van der Waals surface area contributed by atoms with Gasteiger partial charge in [0.2, 0.25) is 5.88 Å². The van der Waals surface area contributed by atoms with Crippen molar-refractivity contribution in [1.29, 1.82) is 0 Å². The summed E-state index contributed by atoms with van der Waals surface area (Å²) in [6.07, 6.45) is 1.13. The predicted molar refractivity (Wildman–Crippen MR) is 101 cm³/mol. The highest BCUT2D eigenvalue weighted by molar-refractivity contribution is 5.49. The number of hydrogen-bond acceptors (Lipinski definition) is 6. The number of anilines is 2. The first kappa shape index (κ1) is 17.4. The van der Waals surface area contributed by atoms with Gasteiger partial charge in [0.1, 0.15) is 5.69 Å². The lowest BCUT2D eigenvalue weighted by molar-refractivity contribution is -0.00643. The lowest BCUT2D eigenvalue weighted by atomic mass is 10.1. The summed E-state index contributed by atoms with van der Waals surface area (Å²) < 4.78 is 17.6. The third kappa shape index (κ3) is 3.86. The fourth-order valence-corrected chi connectivity index (χ4v) is 3.72. The van der Waals surface area contributed by atoms with Crippen molar-refractivity contribution in [1.82, 2.24) is 4.98 Å². The van der Waals surface area contributed by atoms with Gasteiger partial charge in [-0.15, -0.1) is 0 Å². The van der Waals surface area contributed by atoms with E-state index in [1.807, 2.05) is 6.07 Å². The Bertz CT molecular complexity index is 702. The monoisotopic (exact) mass is 357 g/mol. The molecule has 2 saturated heterocycles. The van der Waals surface area contributed by atoms with Crippen LogP contribution in [0.5, 0.6) is 0 Å². The molecule has 1 aromatic heterocycles. The molecule has 2 aliphatic heterocycles. The fourth-order valence-electron chi connectivity index (χ4n) is 3.72. The van der Waals surface area contributed by atoms with Crippen molar-refractivity contribution in [3.8, 4) is 0 Å². The number of aromatic nitrogens is 1. The third-order valence-electron chi connectivity index (χ3n) is 4.87. The summed E-state index contributed by atoms with van der Waals surface area (Å²) >= 11 is 0. The molecule has 0 bridgehead atoms. The highest BCUT2D eigenvalue weighted by Gasteiger charge is 2.29. The van der Waals surface area contributed by atoms with Gasteiger partial charge in [0, 0.05) is 32.6 Å². The van der Waals surface area contributed by atoms with E-state index in [-0.39, 0.29) is 12.2 Å². The Morgan fingerprint density at radius 2 is 1.69 bits per heavy atom. The van der Waals surface area contributed by atoms with Gasteiger partial charge in [0.25, 0.3) is 6.01 Å². The number of benzene rings is 1. The summed E-state index contributed by atoms with van der Waals surface area (Å²) in [5.74, 6) is 0.886. The van der Waals surface area contributed by atoms with E-state index in [9.17, 15) is 0 Å². The Kier molecular flexibility index (Phi) is 5.13. The Morgan fingerprint density at radius 1 is 1.00 bits per heavy atom. The molecule has 0 radical (unpaired) electrons. The van der Waals surface area contributed by atoms with E-state index >= 15 is 0 Å². The summed E-state index contributed by atoms with van der Waals surface area (Å²) in [6, 6.07) is 11.2. The van der Waals surface area contributed by atoms with Crippen LogP contribution in [-0.2, 0) is 15.9 Å². The van der Waals surface area contributed by atoms with Crippen molar-refractivity contribution in [3.05, 3.63) is 41.6 Å². The molecule has 0 aliphatic carbocycles. The fraction of sp³-hybridized carbons (Fsp3) is 0.550. The lowest BCUT2D eigenvalue weighted by Gasteiger charge is -2.35. The van der Waals surface area contributed by atoms with Gasteiger partial charge in [-0.3, -0.25) is 0 Å². The highest BCUT2D eigenvalue weighted by atomic mass is 16.5. The first-order valence-corrected chi connectivity index (χ1v) is 9.46. The smallest absolute Gasteiger partial charge is 0.299 e.